The van der Waals surface area contributed by atoms with Crippen LogP contribution in [0.15, 0.2) is 17.9 Å². The molecule has 0 aromatic rings. The van der Waals surface area contributed by atoms with Gasteiger partial charge in [0, 0.05) is 6.08 Å². The van der Waals surface area contributed by atoms with E-state index in [1.807, 2.05) is 13.0 Å². The van der Waals surface area contributed by atoms with Gasteiger partial charge in [0.05, 0.1) is 0 Å². The lowest BCUT2D eigenvalue weighted by atomic mass is 9.74. The average Bonchev–Trinajstić information content (AvgIpc) is 2.38. The zero-order valence-electron chi connectivity index (χ0n) is 13.2. The quantitative estimate of drug-likeness (QED) is 0.445. The second kappa shape index (κ2) is 9.06. The van der Waals surface area contributed by atoms with E-state index in [1.165, 1.54) is 32.1 Å². The zero-order chi connectivity index (χ0) is 14.1. The molecule has 0 aliphatic heterocycles. The minimum Gasteiger partial charge on any atom is -0.116 e. The van der Waals surface area contributed by atoms with Crippen LogP contribution in [0.4, 0.5) is 0 Å². The van der Waals surface area contributed by atoms with Crippen LogP contribution in [0.1, 0.15) is 66.2 Å². The number of allylic oxidation sites excluding steroid dienone is 1. The highest BCUT2D eigenvalue weighted by atomic mass is 14.3. The first-order chi connectivity index (χ1) is 9.13. The van der Waals surface area contributed by atoms with E-state index < -0.39 is 0 Å². The Labute approximate surface area is 120 Å². The molecule has 1 saturated carbocycles. The fourth-order valence-corrected chi connectivity index (χ4v) is 3.36. The maximum atomic E-state index is 3.15. The molecule has 1 fully saturated rings. The molecule has 106 valence electrons. The van der Waals surface area contributed by atoms with Crippen molar-refractivity contribution in [2.75, 3.05) is 0 Å². The Bertz CT molecular complexity index is 359. The average molecular weight is 258 g/mol. The molecular weight excluding hydrogens is 228 g/mol. The lowest BCUT2D eigenvalue weighted by molar-refractivity contribution is 0.192. The molecule has 0 heterocycles. The van der Waals surface area contributed by atoms with E-state index in [9.17, 15) is 0 Å². The Morgan fingerprint density at radius 2 is 2.05 bits per heavy atom. The van der Waals surface area contributed by atoms with Crippen molar-refractivity contribution in [1.29, 1.82) is 0 Å². The standard InChI is InChI=1S/C19H30/c1-5-6-7-8-9-11-16(2)14-18(4)19-13-10-12-17(3)15-19/h7,9,16-19H,10-15H2,1-4H3. The minimum atomic E-state index is 0.766. The molecule has 19 heavy (non-hydrogen) atoms. The molecule has 0 aromatic heterocycles. The third-order valence-electron chi connectivity index (χ3n) is 4.49. The molecule has 4 unspecified atom stereocenters. The highest BCUT2D eigenvalue weighted by Crippen LogP contribution is 2.36. The summed E-state index contributed by atoms with van der Waals surface area (Å²) in [6.45, 7) is 9.10. The van der Waals surface area contributed by atoms with Crippen LogP contribution >= 0.6 is 0 Å². The molecule has 0 heteroatoms. The van der Waals surface area contributed by atoms with E-state index in [0.717, 1.165) is 30.1 Å². The predicted octanol–water partition coefficient (Wildman–Crippen LogP) is 5.60. The van der Waals surface area contributed by atoms with Gasteiger partial charge in [-0.05, 0) is 55.9 Å². The lowest BCUT2D eigenvalue weighted by Gasteiger charge is -2.32. The normalized spacial score (nSPS) is 25.5. The van der Waals surface area contributed by atoms with E-state index in [2.05, 4.69) is 44.4 Å². The van der Waals surface area contributed by atoms with Crippen molar-refractivity contribution >= 4 is 0 Å². The van der Waals surface area contributed by atoms with E-state index >= 15 is 0 Å². The molecule has 0 N–H and O–H groups in total. The van der Waals surface area contributed by atoms with E-state index in [0.29, 0.717) is 0 Å². The Morgan fingerprint density at radius 3 is 2.74 bits per heavy atom. The summed E-state index contributed by atoms with van der Waals surface area (Å²) in [6.07, 6.45) is 12.3. The summed E-state index contributed by atoms with van der Waals surface area (Å²) in [5, 5.41) is 0. The summed E-state index contributed by atoms with van der Waals surface area (Å²) < 4.78 is 0. The summed E-state index contributed by atoms with van der Waals surface area (Å²) in [4.78, 5) is 0. The second-order valence-electron chi connectivity index (χ2n) is 6.50. The first kappa shape index (κ1) is 16.1. The fourth-order valence-electron chi connectivity index (χ4n) is 3.36. The van der Waals surface area contributed by atoms with Crippen molar-refractivity contribution in [3.8, 4) is 11.8 Å². The molecule has 4 atom stereocenters. The molecule has 0 radical (unpaired) electrons. The summed E-state index contributed by atoms with van der Waals surface area (Å²) in [6, 6.07) is 0. The maximum absolute atomic E-state index is 3.15. The Hall–Kier alpha value is -0.920. The highest BCUT2D eigenvalue weighted by Gasteiger charge is 2.24. The first-order valence-corrected chi connectivity index (χ1v) is 7.95. The number of hydrogen-bond donors (Lipinski definition) is 0. The van der Waals surface area contributed by atoms with Gasteiger partial charge in [0.2, 0.25) is 0 Å². The van der Waals surface area contributed by atoms with Crippen LogP contribution in [0.3, 0.4) is 0 Å². The van der Waals surface area contributed by atoms with Crippen LogP contribution in [0.2, 0.25) is 0 Å². The van der Waals surface area contributed by atoms with Crippen LogP contribution in [0.25, 0.3) is 0 Å². The predicted molar refractivity (Wildman–Crippen MR) is 84.8 cm³/mol. The van der Waals surface area contributed by atoms with Crippen molar-refractivity contribution in [2.24, 2.45) is 23.7 Å². The number of hydrogen-bond acceptors (Lipinski definition) is 0. The number of rotatable bonds is 5. The topological polar surface area (TPSA) is 0 Å². The fraction of sp³-hybridized carbons (Fsp3) is 0.737. The van der Waals surface area contributed by atoms with Crippen molar-refractivity contribution in [2.45, 2.75) is 66.2 Å². The maximum Gasteiger partial charge on any atom is 0.0298 e. The van der Waals surface area contributed by atoms with Crippen molar-refractivity contribution in [3.05, 3.63) is 17.9 Å². The van der Waals surface area contributed by atoms with Gasteiger partial charge in [-0.1, -0.05) is 46.0 Å². The van der Waals surface area contributed by atoms with Gasteiger partial charge in [-0.15, -0.1) is 11.7 Å². The van der Waals surface area contributed by atoms with Crippen molar-refractivity contribution < 1.29 is 0 Å². The van der Waals surface area contributed by atoms with Crippen molar-refractivity contribution in [3.63, 3.8) is 0 Å². The van der Waals surface area contributed by atoms with E-state index in [1.54, 1.807) is 0 Å². The van der Waals surface area contributed by atoms with Gasteiger partial charge in [0.25, 0.3) is 0 Å². The van der Waals surface area contributed by atoms with Crippen LogP contribution in [-0.4, -0.2) is 0 Å². The summed E-state index contributed by atoms with van der Waals surface area (Å²) in [5.74, 6) is 9.32. The third-order valence-corrected chi connectivity index (χ3v) is 4.49. The van der Waals surface area contributed by atoms with Crippen molar-refractivity contribution in [1.82, 2.24) is 0 Å². The van der Waals surface area contributed by atoms with Gasteiger partial charge in [0.1, 0.15) is 0 Å². The SMILES string of the molecule is CC#CC=C=CCC(C)CC(C)C1CCCC(C)C1. The molecule has 0 amide bonds. The smallest absolute Gasteiger partial charge is 0.0298 e. The summed E-state index contributed by atoms with van der Waals surface area (Å²) in [5.41, 5.74) is 3.15. The monoisotopic (exact) mass is 258 g/mol. The van der Waals surface area contributed by atoms with E-state index in [-0.39, 0.29) is 0 Å². The Kier molecular flexibility index (Phi) is 7.69. The van der Waals surface area contributed by atoms with E-state index in [4.69, 9.17) is 0 Å². The molecule has 0 spiro atoms. The van der Waals surface area contributed by atoms with Gasteiger partial charge in [-0.25, -0.2) is 0 Å². The van der Waals surface area contributed by atoms with Crippen LogP contribution < -0.4 is 0 Å². The Balaban J connectivity index is 2.32. The van der Waals surface area contributed by atoms with Crippen LogP contribution in [0, 0.1) is 35.5 Å². The molecule has 0 nitrogen and oxygen atoms in total. The van der Waals surface area contributed by atoms with Gasteiger partial charge >= 0.3 is 0 Å². The van der Waals surface area contributed by atoms with Gasteiger partial charge in [-0.2, -0.15) is 0 Å². The van der Waals surface area contributed by atoms with Gasteiger partial charge < -0.3 is 0 Å². The molecule has 1 aliphatic rings. The van der Waals surface area contributed by atoms with Crippen LogP contribution in [0.5, 0.6) is 0 Å². The molecular formula is C19H30. The molecule has 0 aromatic carbocycles. The lowest BCUT2D eigenvalue weighted by Crippen LogP contribution is -2.21. The molecule has 1 rings (SSSR count). The van der Waals surface area contributed by atoms with Crippen LogP contribution in [-0.2, 0) is 0 Å². The summed E-state index contributed by atoms with van der Waals surface area (Å²) in [7, 11) is 0. The largest absolute Gasteiger partial charge is 0.116 e. The first-order valence-electron chi connectivity index (χ1n) is 7.95. The minimum absolute atomic E-state index is 0.766. The molecule has 1 aliphatic carbocycles. The zero-order valence-corrected chi connectivity index (χ0v) is 13.2. The van der Waals surface area contributed by atoms with Gasteiger partial charge in [0.15, 0.2) is 0 Å². The summed E-state index contributed by atoms with van der Waals surface area (Å²) >= 11 is 0. The second-order valence-corrected chi connectivity index (χ2v) is 6.50. The highest BCUT2D eigenvalue weighted by molar-refractivity contribution is 5.13. The Morgan fingerprint density at radius 1 is 1.26 bits per heavy atom. The third kappa shape index (κ3) is 6.70. The molecule has 0 saturated heterocycles. The van der Waals surface area contributed by atoms with Gasteiger partial charge in [-0.3, -0.25) is 0 Å². The molecule has 0 bridgehead atoms.